The maximum atomic E-state index is 13.4. The monoisotopic (exact) mass is 502 g/mol. The van der Waals surface area contributed by atoms with Gasteiger partial charge in [-0.3, -0.25) is 19.2 Å². The highest BCUT2D eigenvalue weighted by molar-refractivity contribution is 6.34. The van der Waals surface area contributed by atoms with Crippen LogP contribution in [0.4, 0.5) is 11.4 Å². The Morgan fingerprint density at radius 3 is 2.31 bits per heavy atom. The topological polar surface area (TPSA) is 84.0 Å². The number of nitrogens with zero attached hydrogens (tertiary/aromatic N) is 2. The van der Waals surface area contributed by atoms with E-state index in [9.17, 15) is 19.2 Å². The second-order valence-electron chi connectivity index (χ2n) is 10.4. The number of hydrogen-bond acceptors (Lipinski definition) is 5. The molecule has 7 nitrogen and oxygen atoms in total. The predicted octanol–water partition coefficient (Wildman–Crippen LogP) is 3.86. The predicted molar refractivity (Wildman–Crippen MR) is 131 cm³/mol. The van der Waals surface area contributed by atoms with Gasteiger partial charge < -0.3 is 9.64 Å². The molecule has 4 fully saturated rings. The van der Waals surface area contributed by atoms with Gasteiger partial charge in [-0.15, -0.1) is 0 Å². The van der Waals surface area contributed by atoms with Crippen LogP contribution < -0.4 is 14.5 Å². The highest BCUT2D eigenvalue weighted by atomic mass is 35.5. The lowest BCUT2D eigenvalue weighted by Gasteiger charge is -2.37. The SMILES string of the molecule is O=C(Oc1cccc(N2C(=O)[C@@H]3[C@H]4C=C[C@@H]([C@@H]5C[C@H]45)[C@@H]3C2=O)c1)[C@@H]1CC(=O)N(c2ccccc2Cl)C1. The number of hydrogen-bond donors (Lipinski definition) is 0. The molecule has 8 heteroatoms. The van der Waals surface area contributed by atoms with E-state index in [1.807, 2.05) is 0 Å². The molecule has 2 heterocycles. The largest absolute Gasteiger partial charge is 0.426 e. The van der Waals surface area contributed by atoms with Crippen LogP contribution in [0.1, 0.15) is 12.8 Å². The van der Waals surface area contributed by atoms with Gasteiger partial charge in [0, 0.05) is 19.0 Å². The summed E-state index contributed by atoms with van der Waals surface area (Å²) in [6, 6.07) is 13.5. The lowest BCUT2D eigenvalue weighted by atomic mass is 9.63. The van der Waals surface area contributed by atoms with E-state index in [1.165, 1.54) is 9.80 Å². The van der Waals surface area contributed by atoms with Gasteiger partial charge in [0.2, 0.25) is 17.7 Å². The zero-order valence-corrected chi connectivity index (χ0v) is 20.0. The maximum Gasteiger partial charge on any atom is 0.316 e. The van der Waals surface area contributed by atoms with Crippen LogP contribution in [0.2, 0.25) is 5.02 Å². The second-order valence-corrected chi connectivity index (χ2v) is 10.8. The summed E-state index contributed by atoms with van der Waals surface area (Å²) in [7, 11) is 0. The third-order valence-electron chi connectivity index (χ3n) is 8.56. The van der Waals surface area contributed by atoms with Crippen molar-refractivity contribution < 1.29 is 23.9 Å². The molecule has 0 N–H and O–H groups in total. The second kappa shape index (κ2) is 7.77. The first-order valence-electron chi connectivity index (χ1n) is 12.3. The molecule has 182 valence electrons. The fourth-order valence-electron chi connectivity index (χ4n) is 6.87. The number of carbonyl (C=O) groups excluding carboxylic acids is 4. The summed E-state index contributed by atoms with van der Waals surface area (Å²) in [5.41, 5.74) is 0.980. The van der Waals surface area contributed by atoms with E-state index in [2.05, 4.69) is 12.2 Å². The van der Waals surface area contributed by atoms with Crippen molar-refractivity contribution in [2.24, 2.45) is 41.4 Å². The Hall–Kier alpha value is -3.45. The fourth-order valence-corrected chi connectivity index (χ4v) is 7.10. The van der Waals surface area contributed by atoms with Crippen LogP contribution in [-0.2, 0) is 19.2 Å². The highest BCUT2D eigenvalue weighted by Gasteiger charge is 2.67. The number of rotatable bonds is 4. The Morgan fingerprint density at radius 1 is 0.917 bits per heavy atom. The number of amides is 3. The quantitative estimate of drug-likeness (QED) is 0.274. The van der Waals surface area contributed by atoms with Gasteiger partial charge in [0.15, 0.2) is 0 Å². The zero-order chi connectivity index (χ0) is 24.7. The molecule has 2 saturated carbocycles. The molecule has 0 aromatic heterocycles. The Balaban J connectivity index is 1.08. The summed E-state index contributed by atoms with van der Waals surface area (Å²) in [6.45, 7) is 0.172. The van der Waals surface area contributed by atoms with Crippen LogP contribution in [0, 0.1) is 41.4 Å². The van der Waals surface area contributed by atoms with Crippen LogP contribution in [0.3, 0.4) is 0 Å². The molecule has 7 atom stereocenters. The Bertz CT molecular complexity index is 1340. The summed E-state index contributed by atoms with van der Waals surface area (Å²) in [6.07, 6.45) is 5.41. The molecule has 3 amide bonds. The van der Waals surface area contributed by atoms with Gasteiger partial charge in [-0.1, -0.05) is 42.0 Å². The van der Waals surface area contributed by atoms with E-state index in [0.717, 1.165) is 6.42 Å². The number of ether oxygens (including phenoxy) is 1. The molecule has 2 aliphatic heterocycles. The van der Waals surface area contributed by atoms with E-state index < -0.39 is 11.9 Å². The highest BCUT2D eigenvalue weighted by Crippen LogP contribution is 2.65. The average Bonchev–Trinajstić information content (AvgIpc) is 3.55. The summed E-state index contributed by atoms with van der Waals surface area (Å²) in [4.78, 5) is 55.1. The first-order chi connectivity index (χ1) is 17.4. The van der Waals surface area contributed by atoms with Crippen LogP contribution >= 0.6 is 11.6 Å². The van der Waals surface area contributed by atoms with Crippen molar-refractivity contribution in [2.75, 3.05) is 16.3 Å². The van der Waals surface area contributed by atoms with E-state index in [4.69, 9.17) is 16.3 Å². The van der Waals surface area contributed by atoms with Crippen LogP contribution in [0.25, 0.3) is 0 Å². The molecule has 0 radical (unpaired) electrons. The zero-order valence-electron chi connectivity index (χ0n) is 19.2. The molecule has 2 saturated heterocycles. The van der Waals surface area contributed by atoms with Crippen LogP contribution in [-0.4, -0.2) is 30.2 Å². The third-order valence-corrected chi connectivity index (χ3v) is 8.88. The van der Waals surface area contributed by atoms with Crippen molar-refractivity contribution in [3.8, 4) is 5.75 Å². The maximum absolute atomic E-state index is 13.4. The number of para-hydroxylation sites is 1. The average molecular weight is 503 g/mol. The summed E-state index contributed by atoms with van der Waals surface area (Å²) >= 11 is 6.23. The standard InChI is InChI=1S/C28H23ClN2O5/c29-21-6-1-2-7-22(21)30-13-14(10-23(30)32)28(35)36-16-5-3-4-15(11-16)31-26(33)24-17-8-9-18(20-12-19(17)20)25(24)27(31)34/h1-9,11,14,17-20,24-25H,10,12-13H2/t14-,17+,18+,19-,20+,24-,25+/m1/s1. The Morgan fingerprint density at radius 2 is 1.61 bits per heavy atom. The minimum atomic E-state index is -0.649. The lowest BCUT2D eigenvalue weighted by Crippen LogP contribution is -2.40. The van der Waals surface area contributed by atoms with Crippen molar-refractivity contribution in [1.82, 2.24) is 0 Å². The molecular formula is C28H23ClN2O5. The van der Waals surface area contributed by atoms with Gasteiger partial charge in [0.1, 0.15) is 5.75 Å². The normalized spacial score (nSPS) is 33.7. The molecule has 4 aliphatic carbocycles. The van der Waals surface area contributed by atoms with Crippen LogP contribution in [0.5, 0.6) is 5.75 Å². The lowest BCUT2D eigenvalue weighted by molar-refractivity contribution is -0.139. The van der Waals surface area contributed by atoms with Crippen molar-refractivity contribution in [2.45, 2.75) is 12.8 Å². The molecule has 2 aromatic carbocycles. The van der Waals surface area contributed by atoms with Gasteiger partial charge >= 0.3 is 5.97 Å². The van der Waals surface area contributed by atoms with Gasteiger partial charge in [0.05, 0.1) is 34.2 Å². The minimum absolute atomic E-state index is 0.0221. The first kappa shape index (κ1) is 21.8. The molecule has 36 heavy (non-hydrogen) atoms. The Kier molecular flexibility index (Phi) is 4.71. The van der Waals surface area contributed by atoms with E-state index in [0.29, 0.717) is 28.2 Å². The smallest absolute Gasteiger partial charge is 0.316 e. The molecule has 0 spiro atoms. The van der Waals surface area contributed by atoms with E-state index in [1.54, 1.807) is 48.5 Å². The van der Waals surface area contributed by atoms with Gasteiger partial charge in [-0.25, -0.2) is 4.90 Å². The molecule has 6 aliphatic rings. The third kappa shape index (κ3) is 3.11. The van der Waals surface area contributed by atoms with Gasteiger partial charge in [-0.2, -0.15) is 0 Å². The Labute approximate surface area is 212 Å². The fraction of sp³-hybridized carbons (Fsp3) is 0.357. The van der Waals surface area contributed by atoms with Gasteiger partial charge in [0.25, 0.3) is 0 Å². The number of esters is 1. The molecule has 8 rings (SSSR count). The van der Waals surface area contributed by atoms with Crippen molar-refractivity contribution >= 4 is 46.7 Å². The first-order valence-corrected chi connectivity index (χ1v) is 12.7. The van der Waals surface area contributed by atoms with E-state index >= 15 is 0 Å². The van der Waals surface area contributed by atoms with E-state index in [-0.39, 0.29) is 60.1 Å². The molecular weight excluding hydrogens is 480 g/mol. The molecule has 2 aromatic rings. The van der Waals surface area contributed by atoms with Gasteiger partial charge in [-0.05, 0) is 54.4 Å². The summed E-state index contributed by atoms with van der Waals surface area (Å²) in [5.74, 6) is -0.683. The van der Waals surface area contributed by atoms with Crippen molar-refractivity contribution in [1.29, 1.82) is 0 Å². The number of carbonyl (C=O) groups is 4. The summed E-state index contributed by atoms with van der Waals surface area (Å²) < 4.78 is 5.62. The van der Waals surface area contributed by atoms with Crippen LogP contribution in [0.15, 0.2) is 60.7 Å². The number of benzene rings is 2. The molecule has 2 bridgehead atoms. The molecule has 0 unspecified atom stereocenters. The number of halogens is 1. The van der Waals surface area contributed by atoms with Crippen molar-refractivity contribution in [3.05, 3.63) is 65.7 Å². The number of allylic oxidation sites excluding steroid dienone is 2. The number of imide groups is 1. The van der Waals surface area contributed by atoms with Crippen molar-refractivity contribution in [3.63, 3.8) is 0 Å². The minimum Gasteiger partial charge on any atom is -0.426 e. The number of anilines is 2. The summed E-state index contributed by atoms with van der Waals surface area (Å²) in [5, 5.41) is 0.439.